The third-order valence-corrected chi connectivity index (χ3v) is 5.08. The molecule has 0 unspecified atom stereocenters. The smallest absolute Gasteiger partial charge is 0.319 e. The highest BCUT2D eigenvalue weighted by molar-refractivity contribution is 9.10. The van der Waals surface area contributed by atoms with Crippen LogP contribution in [0.5, 0.6) is 0 Å². The van der Waals surface area contributed by atoms with Crippen LogP contribution in [0.1, 0.15) is 18.1 Å². The van der Waals surface area contributed by atoms with E-state index in [0.717, 1.165) is 10.0 Å². The van der Waals surface area contributed by atoms with Crippen LogP contribution >= 0.6 is 27.5 Å². The maximum Gasteiger partial charge on any atom is 0.325 e. The lowest BCUT2D eigenvalue weighted by Crippen LogP contribution is -2.41. The Morgan fingerprint density at radius 3 is 2.48 bits per heavy atom. The van der Waals surface area contributed by atoms with Gasteiger partial charge in [0.05, 0.1) is 6.54 Å². The van der Waals surface area contributed by atoms with E-state index in [1.54, 1.807) is 31.2 Å². The fourth-order valence-corrected chi connectivity index (χ4v) is 3.42. The summed E-state index contributed by atoms with van der Waals surface area (Å²) in [6, 6.07) is 14.1. The quantitative estimate of drug-likeness (QED) is 0.799. The zero-order valence-electron chi connectivity index (χ0n) is 12.3. The third-order valence-electron chi connectivity index (χ3n) is 3.97. The van der Waals surface area contributed by atoms with Crippen molar-refractivity contribution < 1.29 is 9.59 Å². The van der Waals surface area contributed by atoms with Crippen molar-refractivity contribution in [2.45, 2.75) is 19.0 Å². The van der Waals surface area contributed by atoms with E-state index in [-0.39, 0.29) is 12.5 Å². The standard InChI is InChI=1S/C17H14BrClN2O2/c1-17(12-7-3-5-9-14(12)19)15(22)21(16(23)20-17)10-11-6-2-4-8-13(11)18/h2-9H,10H2,1H3,(H,20,23)/t17-/m0/s1. The summed E-state index contributed by atoms with van der Waals surface area (Å²) in [4.78, 5) is 26.4. The van der Waals surface area contributed by atoms with Crippen LogP contribution in [-0.4, -0.2) is 16.8 Å². The van der Waals surface area contributed by atoms with Crippen molar-refractivity contribution in [1.82, 2.24) is 10.2 Å². The number of nitrogens with zero attached hydrogens (tertiary/aromatic N) is 1. The zero-order chi connectivity index (χ0) is 16.6. The number of carbonyl (C=O) groups excluding carboxylic acids is 2. The number of rotatable bonds is 3. The lowest BCUT2D eigenvalue weighted by molar-refractivity contribution is -0.131. The van der Waals surface area contributed by atoms with Crippen molar-refractivity contribution in [3.05, 3.63) is 69.2 Å². The molecule has 2 aromatic rings. The molecule has 118 valence electrons. The third kappa shape index (κ3) is 2.75. The van der Waals surface area contributed by atoms with Gasteiger partial charge in [0.1, 0.15) is 5.54 Å². The molecule has 0 spiro atoms. The average Bonchev–Trinajstić information content (AvgIpc) is 2.74. The molecule has 1 N–H and O–H groups in total. The second-order valence-corrected chi connectivity index (χ2v) is 6.78. The predicted molar refractivity (Wildman–Crippen MR) is 92.0 cm³/mol. The maximum atomic E-state index is 12.9. The first kappa shape index (κ1) is 16.0. The van der Waals surface area contributed by atoms with E-state index in [9.17, 15) is 9.59 Å². The minimum Gasteiger partial charge on any atom is -0.319 e. The number of urea groups is 1. The van der Waals surface area contributed by atoms with E-state index in [2.05, 4.69) is 21.2 Å². The zero-order valence-corrected chi connectivity index (χ0v) is 14.7. The van der Waals surface area contributed by atoms with Crippen LogP contribution in [0.3, 0.4) is 0 Å². The Bertz CT molecular complexity index is 796. The highest BCUT2D eigenvalue weighted by Gasteiger charge is 2.49. The van der Waals surface area contributed by atoms with Gasteiger partial charge in [-0.25, -0.2) is 4.79 Å². The molecule has 6 heteroatoms. The number of carbonyl (C=O) groups is 2. The summed E-state index contributed by atoms with van der Waals surface area (Å²) in [6.45, 7) is 1.88. The molecular weight excluding hydrogens is 380 g/mol. The summed E-state index contributed by atoms with van der Waals surface area (Å²) in [5.74, 6) is -0.314. The molecule has 4 nitrogen and oxygen atoms in total. The molecule has 1 aliphatic heterocycles. The van der Waals surface area contributed by atoms with Crippen molar-refractivity contribution in [3.63, 3.8) is 0 Å². The van der Waals surface area contributed by atoms with E-state index in [1.165, 1.54) is 4.90 Å². The molecule has 0 saturated carbocycles. The number of hydrogen-bond acceptors (Lipinski definition) is 2. The molecule has 0 radical (unpaired) electrons. The first-order valence-corrected chi connectivity index (χ1v) is 8.23. The van der Waals surface area contributed by atoms with Gasteiger partial charge in [-0.2, -0.15) is 0 Å². The number of nitrogens with one attached hydrogen (secondary N) is 1. The summed E-state index contributed by atoms with van der Waals surface area (Å²) < 4.78 is 0.854. The molecule has 3 rings (SSSR count). The molecule has 1 saturated heterocycles. The topological polar surface area (TPSA) is 49.4 Å². The highest BCUT2D eigenvalue weighted by atomic mass is 79.9. The number of imide groups is 1. The van der Waals surface area contributed by atoms with Gasteiger partial charge in [0.15, 0.2) is 0 Å². The Hall–Kier alpha value is -1.85. The van der Waals surface area contributed by atoms with Crippen LogP contribution < -0.4 is 5.32 Å². The Morgan fingerprint density at radius 2 is 1.78 bits per heavy atom. The summed E-state index contributed by atoms with van der Waals surface area (Å²) in [5.41, 5.74) is 0.297. The lowest BCUT2D eigenvalue weighted by atomic mass is 9.92. The van der Waals surface area contributed by atoms with Gasteiger partial charge < -0.3 is 5.32 Å². The van der Waals surface area contributed by atoms with Crippen molar-refractivity contribution in [1.29, 1.82) is 0 Å². The summed E-state index contributed by atoms with van der Waals surface area (Å²) in [5, 5.41) is 3.22. The van der Waals surface area contributed by atoms with Crippen molar-refractivity contribution in [2.75, 3.05) is 0 Å². The van der Waals surface area contributed by atoms with Gasteiger partial charge in [0, 0.05) is 15.1 Å². The minimum atomic E-state index is -1.16. The maximum absolute atomic E-state index is 12.9. The molecule has 1 aliphatic rings. The summed E-state index contributed by atoms with van der Waals surface area (Å²) in [7, 11) is 0. The highest BCUT2D eigenvalue weighted by Crippen LogP contribution is 2.34. The largest absolute Gasteiger partial charge is 0.325 e. The average molecular weight is 394 g/mol. The fourth-order valence-electron chi connectivity index (χ4n) is 2.69. The number of hydrogen-bond donors (Lipinski definition) is 1. The molecule has 3 amide bonds. The van der Waals surface area contributed by atoms with Crippen LogP contribution in [0.4, 0.5) is 4.79 Å². The van der Waals surface area contributed by atoms with Crippen LogP contribution in [0.15, 0.2) is 53.0 Å². The van der Waals surface area contributed by atoms with E-state index in [1.807, 2.05) is 24.3 Å². The second-order valence-electron chi connectivity index (χ2n) is 5.52. The first-order valence-electron chi connectivity index (χ1n) is 7.06. The lowest BCUT2D eigenvalue weighted by Gasteiger charge is -2.23. The summed E-state index contributed by atoms with van der Waals surface area (Å²) in [6.07, 6.45) is 0. The van der Waals surface area contributed by atoms with Gasteiger partial charge in [-0.3, -0.25) is 9.69 Å². The fraction of sp³-hybridized carbons (Fsp3) is 0.176. The second kappa shape index (κ2) is 5.98. The van der Waals surface area contributed by atoms with Crippen LogP contribution in [0, 0.1) is 0 Å². The number of halogens is 2. The molecule has 1 fully saturated rings. The van der Waals surface area contributed by atoms with Gasteiger partial charge in [-0.05, 0) is 24.6 Å². The molecular formula is C17H14BrClN2O2. The van der Waals surface area contributed by atoms with Gasteiger partial charge in [0.25, 0.3) is 5.91 Å². The van der Waals surface area contributed by atoms with E-state index in [4.69, 9.17) is 11.6 Å². The monoisotopic (exact) mass is 392 g/mol. The van der Waals surface area contributed by atoms with E-state index in [0.29, 0.717) is 10.6 Å². The molecule has 0 aromatic heterocycles. The Labute approximate surface area is 147 Å². The van der Waals surface area contributed by atoms with Gasteiger partial charge >= 0.3 is 6.03 Å². The molecule has 1 heterocycles. The van der Waals surface area contributed by atoms with Crippen molar-refractivity contribution >= 4 is 39.5 Å². The van der Waals surface area contributed by atoms with Crippen LogP contribution in [0.25, 0.3) is 0 Å². The predicted octanol–water partition coefficient (Wildman–Crippen LogP) is 4.07. The van der Waals surface area contributed by atoms with Crippen molar-refractivity contribution in [2.24, 2.45) is 0 Å². The van der Waals surface area contributed by atoms with Crippen molar-refractivity contribution in [3.8, 4) is 0 Å². The SMILES string of the molecule is C[C@@]1(c2ccccc2Cl)NC(=O)N(Cc2ccccc2Br)C1=O. The Morgan fingerprint density at radius 1 is 1.13 bits per heavy atom. The van der Waals surface area contributed by atoms with E-state index >= 15 is 0 Å². The summed E-state index contributed by atoms with van der Waals surface area (Å²) >= 11 is 9.65. The van der Waals surface area contributed by atoms with Gasteiger partial charge in [-0.15, -0.1) is 0 Å². The number of amides is 3. The van der Waals surface area contributed by atoms with Crippen LogP contribution in [0.2, 0.25) is 5.02 Å². The van der Waals surface area contributed by atoms with Crippen LogP contribution in [-0.2, 0) is 16.9 Å². The normalized spacial score (nSPS) is 20.7. The van der Waals surface area contributed by atoms with Gasteiger partial charge in [0.2, 0.25) is 0 Å². The molecule has 23 heavy (non-hydrogen) atoms. The molecule has 0 aliphatic carbocycles. The first-order chi connectivity index (χ1) is 10.9. The van der Waals surface area contributed by atoms with Gasteiger partial charge in [-0.1, -0.05) is 63.9 Å². The minimum absolute atomic E-state index is 0.201. The molecule has 2 aromatic carbocycles. The molecule has 1 atom stereocenters. The Balaban J connectivity index is 1.94. The number of benzene rings is 2. The Kier molecular flexibility index (Phi) is 4.17. The molecule has 0 bridgehead atoms. The van der Waals surface area contributed by atoms with E-state index < -0.39 is 11.6 Å².